The molecule has 0 amide bonds. The molecule has 2 aromatic rings. The molecule has 0 radical (unpaired) electrons. The van der Waals surface area contributed by atoms with Crippen molar-refractivity contribution in [2.75, 3.05) is 19.0 Å². The molecule has 0 saturated heterocycles. The molecule has 0 spiro atoms. The summed E-state index contributed by atoms with van der Waals surface area (Å²) in [5, 5.41) is 3.05. The molecule has 1 heterocycles. The Hall–Kier alpha value is -2.50. The summed E-state index contributed by atoms with van der Waals surface area (Å²) in [6, 6.07) is 6.44. The normalized spacial score (nSPS) is 10.1. The Bertz CT molecular complexity index is 587. The van der Waals surface area contributed by atoms with Crippen molar-refractivity contribution in [1.82, 2.24) is 9.97 Å². The van der Waals surface area contributed by atoms with Crippen LogP contribution in [0.15, 0.2) is 36.7 Å². The monoisotopic (exact) mass is 275 g/mol. The van der Waals surface area contributed by atoms with Gasteiger partial charge in [0.15, 0.2) is 5.69 Å². The third kappa shape index (κ3) is 3.74. The van der Waals surface area contributed by atoms with Crippen LogP contribution in [0.4, 0.5) is 10.2 Å². The molecule has 6 heteroatoms. The van der Waals surface area contributed by atoms with Crippen LogP contribution < -0.4 is 5.32 Å². The first-order chi connectivity index (χ1) is 9.69. The second kappa shape index (κ2) is 6.60. The van der Waals surface area contributed by atoms with E-state index >= 15 is 0 Å². The van der Waals surface area contributed by atoms with Gasteiger partial charge in [-0.25, -0.2) is 19.2 Å². The van der Waals surface area contributed by atoms with Gasteiger partial charge in [0.2, 0.25) is 0 Å². The molecular formula is C14H14FN3O2. The van der Waals surface area contributed by atoms with Crippen molar-refractivity contribution in [3.8, 4) is 0 Å². The van der Waals surface area contributed by atoms with E-state index in [4.69, 9.17) is 0 Å². The molecule has 0 aliphatic heterocycles. The van der Waals surface area contributed by atoms with Gasteiger partial charge >= 0.3 is 5.97 Å². The van der Waals surface area contributed by atoms with Gasteiger partial charge in [0.25, 0.3) is 0 Å². The molecule has 0 bridgehead atoms. The molecule has 0 aliphatic carbocycles. The number of nitrogens with zero attached hydrogens (tertiary/aromatic N) is 2. The highest BCUT2D eigenvalue weighted by Gasteiger charge is 2.06. The maximum Gasteiger partial charge on any atom is 0.358 e. The lowest BCUT2D eigenvalue weighted by atomic mass is 10.1. The Morgan fingerprint density at radius 3 is 2.85 bits per heavy atom. The Balaban J connectivity index is 1.86. The number of aromatic nitrogens is 2. The summed E-state index contributed by atoms with van der Waals surface area (Å²) in [5.74, 6) is -0.220. The third-order valence-corrected chi connectivity index (χ3v) is 2.66. The number of anilines is 1. The van der Waals surface area contributed by atoms with Crippen LogP contribution in [0.25, 0.3) is 0 Å². The first-order valence-corrected chi connectivity index (χ1v) is 6.07. The van der Waals surface area contributed by atoms with Crippen molar-refractivity contribution in [1.29, 1.82) is 0 Å². The predicted octanol–water partition coefficient (Wildman–Crippen LogP) is 2.06. The van der Waals surface area contributed by atoms with E-state index in [-0.39, 0.29) is 11.5 Å². The zero-order valence-electron chi connectivity index (χ0n) is 11.0. The van der Waals surface area contributed by atoms with E-state index in [1.807, 2.05) is 6.07 Å². The fourth-order valence-corrected chi connectivity index (χ4v) is 1.66. The van der Waals surface area contributed by atoms with Crippen LogP contribution in [-0.2, 0) is 11.2 Å². The fourth-order valence-electron chi connectivity index (χ4n) is 1.66. The summed E-state index contributed by atoms with van der Waals surface area (Å²) in [5.41, 5.74) is 1.06. The number of hydrogen-bond donors (Lipinski definition) is 1. The maximum atomic E-state index is 13.0. The highest BCUT2D eigenvalue weighted by Crippen LogP contribution is 2.06. The van der Waals surface area contributed by atoms with Gasteiger partial charge in [-0.1, -0.05) is 12.1 Å². The minimum absolute atomic E-state index is 0.156. The summed E-state index contributed by atoms with van der Waals surface area (Å²) in [6.07, 6.45) is 3.46. The number of methoxy groups -OCH3 is 1. The fraction of sp³-hybridized carbons (Fsp3) is 0.214. The van der Waals surface area contributed by atoms with Crippen molar-refractivity contribution >= 4 is 11.8 Å². The Morgan fingerprint density at radius 2 is 2.20 bits per heavy atom. The van der Waals surface area contributed by atoms with Crippen molar-refractivity contribution in [3.05, 3.63) is 53.7 Å². The Labute approximate surface area is 115 Å². The Kier molecular flexibility index (Phi) is 4.60. The van der Waals surface area contributed by atoms with Crippen LogP contribution >= 0.6 is 0 Å². The highest BCUT2D eigenvalue weighted by atomic mass is 19.1. The quantitative estimate of drug-likeness (QED) is 0.846. The summed E-state index contributed by atoms with van der Waals surface area (Å²) >= 11 is 0. The summed E-state index contributed by atoms with van der Waals surface area (Å²) in [7, 11) is 1.29. The molecule has 20 heavy (non-hydrogen) atoms. The Morgan fingerprint density at radius 1 is 1.35 bits per heavy atom. The molecule has 1 aromatic carbocycles. The van der Waals surface area contributed by atoms with Crippen molar-refractivity contribution in [2.45, 2.75) is 6.42 Å². The number of hydrogen-bond acceptors (Lipinski definition) is 5. The van der Waals surface area contributed by atoms with Gasteiger partial charge in [-0.15, -0.1) is 0 Å². The summed E-state index contributed by atoms with van der Waals surface area (Å²) in [6.45, 7) is 0.593. The van der Waals surface area contributed by atoms with Gasteiger partial charge in [-0.3, -0.25) is 0 Å². The zero-order valence-corrected chi connectivity index (χ0v) is 11.0. The van der Waals surface area contributed by atoms with Crippen LogP contribution in [0.2, 0.25) is 0 Å². The summed E-state index contributed by atoms with van der Waals surface area (Å²) in [4.78, 5) is 19.2. The van der Waals surface area contributed by atoms with Crippen LogP contribution in [0.3, 0.4) is 0 Å². The largest absolute Gasteiger partial charge is 0.464 e. The van der Waals surface area contributed by atoms with Crippen LogP contribution in [0.5, 0.6) is 0 Å². The molecule has 0 unspecified atom stereocenters. The number of benzene rings is 1. The van der Waals surface area contributed by atoms with Gasteiger partial charge in [0.1, 0.15) is 11.6 Å². The molecular weight excluding hydrogens is 261 g/mol. The molecule has 5 nitrogen and oxygen atoms in total. The molecule has 0 aliphatic rings. The van der Waals surface area contributed by atoms with Crippen molar-refractivity contribution < 1.29 is 13.9 Å². The molecule has 2 rings (SSSR count). The molecule has 1 aromatic heterocycles. The lowest BCUT2D eigenvalue weighted by Gasteiger charge is -2.06. The minimum Gasteiger partial charge on any atom is -0.464 e. The van der Waals surface area contributed by atoms with Crippen molar-refractivity contribution in [2.24, 2.45) is 0 Å². The van der Waals surface area contributed by atoms with E-state index in [1.54, 1.807) is 6.07 Å². The molecule has 1 N–H and O–H groups in total. The van der Waals surface area contributed by atoms with Crippen LogP contribution in [0.1, 0.15) is 16.1 Å². The number of carbonyl (C=O) groups is 1. The topological polar surface area (TPSA) is 64.1 Å². The number of ether oxygens (including phenoxy) is 1. The number of halogens is 1. The lowest BCUT2D eigenvalue weighted by molar-refractivity contribution is 0.0593. The average Bonchev–Trinajstić information content (AvgIpc) is 2.47. The number of nitrogens with one attached hydrogen (secondary N) is 1. The minimum atomic E-state index is -0.524. The first-order valence-electron chi connectivity index (χ1n) is 6.07. The van der Waals surface area contributed by atoms with Gasteiger partial charge in [0.05, 0.1) is 19.5 Å². The van der Waals surface area contributed by atoms with Gasteiger partial charge < -0.3 is 10.1 Å². The van der Waals surface area contributed by atoms with E-state index in [0.717, 1.165) is 5.56 Å². The van der Waals surface area contributed by atoms with Gasteiger partial charge in [0, 0.05) is 6.54 Å². The van der Waals surface area contributed by atoms with E-state index in [0.29, 0.717) is 18.8 Å². The summed E-state index contributed by atoms with van der Waals surface area (Å²) < 4.78 is 17.5. The van der Waals surface area contributed by atoms with Crippen molar-refractivity contribution in [3.63, 3.8) is 0 Å². The van der Waals surface area contributed by atoms with E-state index in [2.05, 4.69) is 20.0 Å². The van der Waals surface area contributed by atoms with Crippen LogP contribution in [-0.4, -0.2) is 29.6 Å². The predicted molar refractivity (Wildman–Crippen MR) is 72.0 cm³/mol. The first kappa shape index (κ1) is 13.9. The number of carbonyl (C=O) groups excluding carboxylic acids is 1. The molecule has 0 fully saturated rings. The van der Waals surface area contributed by atoms with E-state index in [1.165, 1.54) is 31.6 Å². The smallest absolute Gasteiger partial charge is 0.358 e. The second-order valence-electron chi connectivity index (χ2n) is 4.09. The second-order valence-corrected chi connectivity index (χ2v) is 4.09. The molecule has 0 saturated carbocycles. The van der Waals surface area contributed by atoms with E-state index in [9.17, 15) is 9.18 Å². The highest BCUT2D eigenvalue weighted by molar-refractivity contribution is 5.86. The SMILES string of the molecule is COC(=O)c1cnc(NCCc2cccc(F)c2)cn1. The van der Waals surface area contributed by atoms with Crippen LogP contribution in [0, 0.1) is 5.82 Å². The van der Waals surface area contributed by atoms with Gasteiger partial charge in [-0.2, -0.15) is 0 Å². The number of esters is 1. The third-order valence-electron chi connectivity index (χ3n) is 2.66. The van der Waals surface area contributed by atoms with Gasteiger partial charge in [-0.05, 0) is 24.1 Å². The lowest BCUT2D eigenvalue weighted by Crippen LogP contribution is -2.09. The average molecular weight is 275 g/mol. The number of rotatable bonds is 5. The zero-order chi connectivity index (χ0) is 14.4. The molecule has 0 atom stereocenters. The maximum absolute atomic E-state index is 13.0. The standard InChI is InChI=1S/C14H14FN3O2/c1-20-14(19)12-8-18-13(9-17-12)16-6-5-10-3-2-4-11(15)7-10/h2-4,7-9H,5-6H2,1H3,(H,16,18). The van der Waals surface area contributed by atoms with E-state index < -0.39 is 5.97 Å². The molecule has 104 valence electrons.